The molecule has 0 bridgehead atoms. The first-order valence-corrected chi connectivity index (χ1v) is 4.29. The summed E-state index contributed by atoms with van der Waals surface area (Å²) in [6.45, 7) is 0. The zero-order chi connectivity index (χ0) is 7.98. The Kier molecular flexibility index (Phi) is 6.54. The van der Waals surface area contributed by atoms with Gasteiger partial charge in [0.2, 0.25) is 0 Å². The minimum atomic E-state index is -0.216. The average Bonchev–Trinajstić information content (AvgIpc) is 1.79. The Morgan fingerprint density at radius 3 is 1.40 bits per heavy atom. The zero-order valence-corrected chi connectivity index (χ0v) is 7.41. The van der Waals surface area contributed by atoms with Crippen LogP contribution < -0.4 is 11.5 Å². The Morgan fingerprint density at radius 2 is 1.20 bits per heavy atom. The van der Waals surface area contributed by atoms with Gasteiger partial charge in [0.25, 0.3) is 0 Å². The Bertz CT molecular complexity index is 66.1. The van der Waals surface area contributed by atoms with Crippen LogP contribution >= 0.6 is 23.2 Å². The van der Waals surface area contributed by atoms with E-state index in [9.17, 15) is 0 Å². The van der Waals surface area contributed by atoms with E-state index >= 15 is 0 Å². The van der Waals surface area contributed by atoms with Gasteiger partial charge < -0.3 is 11.5 Å². The van der Waals surface area contributed by atoms with Crippen LogP contribution in [0.1, 0.15) is 25.7 Å². The highest BCUT2D eigenvalue weighted by atomic mass is 35.5. The summed E-state index contributed by atoms with van der Waals surface area (Å²) in [7, 11) is 0. The number of halogens is 2. The molecule has 0 aromatic rings. The summed E-state index contributed by atoms with van der Waals surface area (Å²) >= 11 is 11.0. The smallest absolute Gasteiger partial charge is 0.0800 e. The van der Waals surface area contributed by atoms with Crippen molar-refractivity contribution in [3.63, 3.8) is 0 Å². The maximum atomic E-state index is 5.51. The van der Waals surface area contributed by atoms with Crippen LogP contribution in [0.5, 0.6) is 0 Å². The van der Waals surface area contributed by atoms with E-state index in [4.69, 9.17) is 34.7 Å². The highest BCUT2D eigenvalue weighted by Gasteiger charge is 1.98. The van der Waals surface area contributed by atoms with Gasteiger partial charge in [0.1, 0.15) is 0 Å². The molecule has 2 unspecified atom stereocenters. The van der Waals surface area contributed by atoms with E-state index in [0.717, 1.165) is 25.7 Å². The number of nitrogens with two attached hydrogens (primary N) is 2. The summed E-state index contributed by atoms with van der Waals surface area (Å²) in [6, 6.07) is 0. The van der Waals surface area contributed by atoms with Crippen LogP contribution in [0.3, 0.4) is 0 Å². The Labute approximate surface area is 71.9 Å². The van der Waals surface area contributed by atoms with Crippen molar-refractivity contribution in [2.75, 3.05) is 0 Å². The van der Waals surface area contributed by atoms with Crippen molar-refractivity contribution in [1.82, 2.24) is 0 Å². The van der Waals surface area contributed by atoms with Crippen molar-refractivity contribution in [3.05, 3.63) is 0 Å². The van der Waals surface area contributed by atoms with Gasteiger partial charge in [-0.15, -0.1) is 23.2 Å². The largest absolute Gasteiger partial charge is 0.315 e. The van der Waals surface area contributed by atoms with Gasteiger partial charge in [0, 0.05) is 0 Å². The third-order valence-corrected chi connectivity index (χ3v) is 1.65. The molecule has 4 N–H and O–H groups in total. The summed E-state index contributed by atoms with van der Waals surface area (Å²) in [5, 5.41) is 0. The lowest BCUT2D eigenvalue weighted by Crippen LogP contribution is -2.13. The molecule has 0 aliphatic heterocycles. The van der Waals surface area contributed by atoms with Crippen LogP contribution in [0.15, 0.2) is 0 Å². The number of hydrogen-bond donors (Lipinski definition) is 2. The SMILES string of the molecule is NC(Cl)CCCCC(N)Cl. The molecule has 0 heterocycles. The van der Waals surface area contributed by atoms with E-state index in [1.54, 1.807) is 0 Å². The second-order valence-corrected chi connectivity index (χ2v) is 3.44. The van der Waals surface area contributed by atoms with E-state index in [0.29, 0.717) is 0 Å². The fourth-order valence-corrected chi connectivity index (χ4v) is 0.987. The third kappa shape index (κ3) is 8.50. The van der Waals surface area contributed by atoms with Gasteiger partial charge in [0.15, 0.2) is 0 Å². The molecule has 2 nitrogen and oxygen atoms in total. The van der Waals surface area contributed by atoms with Crippen molar-refractivity contribution in [1.29, 1.82) is 0 Å². The van der Waals surface area contributed by atoms with Crippen LogP contribution in [0.4, 0.5) is 0 Å². The zero-order valence-electron chi connectivity index (χ0n) is 5.89. The Balaban J connectivity index is 2.91. The first-order valence-electron chi connectivity index (χ1n) is 3.42. The van der Waals surface area contributed by atoms with Crippen LogP contribution in [0.25, 0.3) is 0 Å². The molecule has 0 aliphatic carbocycles. The van der Waals surface area contributed by atoms with E-state index < -0.39 is 0 Å². The van der Waals surface area contributed by atoms with Gasteiger partial charge in [-0.1, -0.05) is 12.8 Å². The Hall–Kier alpha value is 0.500. The van der Waals surface area contributed by atoms with Crippen molar-refractivity contribution >= 4 is 23.2 Å². The van der Waals surface area contributed by atoms with Gasteiger partial charge in [-0.25, -0.2) is 0 Å². The molecular formula is C6H14Cl2N2. The molecule has 0 fully saturated rings. The summed E-state index contributed by atoms with van der Waals surface area (Å²) in [5.41, 5.74) is 10.2. The molecule has 0 aliphatic rings. The van der Waals surface area contributed by atoms with E-state index in [1.807, 2.05) is 0 Å². The van der Waals surface area contributed by atoms with Crippen LogP contribution in [-0.2, 0) is 0 Å². The number of rotatable bonds is 5. The standard InChI is InChI=1S/C6H14Cl2N2/c7-5(9)3-1-2-4-6(8)10/h5-6H,1-4,9-10H2. The van der Waals surface area contributed by atoms with Gasteiger partial charge in [-0.2, -0.15) is 0 Å². The lowest BCUT2D eigenvalue weighted by molar-refractivity contribution is 0.617. The van der Waals surface area contributed by atoms with Crippen molar-refractivity contribution in [2.45, 2.75) is 36.7 Å². The Morgan fingerprint density at radius 1 is 0.900 bits per heavy atom. The average molecular weight is 185 g/mol. The topological polar surface area (TPSA) is 52.0 Å². The molecule has 0 amide bonds. The summed E-state index contributed by atoms with van der Waals surface area (Å²) < 4.78 is 0. The predicted molar refractivity (Wildman–Crippen MR) is 46.1 cm³/mol. The lowest BCUT2D eigenvalue weighted by atomic mass is 10.2. The lowest BCUT2D eigenvalue weighted by Gasteiger charge is -2.03. The number of hydrogen-bond acceptors (Lipinski definition) is 2. The molecule has 0 radical (unpaired) electrons. The van der Waals surface area contributed by atoms with Crippen molar-refractivity contribution in [3.8, 4) is 0 Å². The molecule has 0 saturated heterocycles. The first kappa shape index (κ1) is 10.5. The normalized spacial score (nSPS) is 16.8. The molecular weight excluding hydrogens is 171 g/mol. The van der Waals surface area contributed by atoms with E-state index in [2.05, 4.69) is 0 Å². The minimum Gasteiger partial charge on any atom is -0.315 e. The maximum absolute atomic E-state index is 5.51. The monoisotopic (exact) mass is 184 g/mol. The molecule has 0 aromatic carbocycles. The van der Waals surface area contributed by atoms with Crippen molar-refractivity contribution in [2.24, 2.45) is 11.5 Å². The number of unbranched alkanes of at least 4 members (excludes halogenated alkanes) is 1. The summed E-state index contributed by atoms with van der Waals surface area (Å²) in [5.74, 6) is 0. The predicted octanol–water partition coefficient (Wildman–Crippen LogP) is 1.59. The van der Waals surface area contributed by atoms with Gasteiger partial charge in [-0.05, 0) is 12.8 Å². The highest BCUT2D eigenvalue weighted by molar-refractivity contribution is 6.20. The highest BCUT2D eigenvalue weighted by Crippen LogP contribution is 2.07. The second kappa shape index (κ2) is 6.23. The maximum Gasteiger partial charge on any atom is 0.0800 e. The molecule has 0 aromatic heterocycles. The summed E-state index contributed by atoms with van der Waals surface area (Å²) in [4.78, 5) is 0. The number of alkyl halides is 2. The molecule has 0 saturated carbocycles. The molecule has 10 heavy (non-hydrogen) atoms. The molecule has 0 rings (SSSR count). The molecule has 0 spiro atoms. The van der Waals surface area contributed by atoms with Gasteiger partial charge in [-0.3, -0.25) is 0 Å². The second-order valence-electron chi connectivity index (χ2n) is 2.32. The molecule has 62 valence electrons. The fourth-order valence-electron chi connectivity index (χ4n) is 0.679. The van der Waals surface area contributed by atoms with Crippen LogP contribution in [-0.4, -0.2) is 11.0 Å². The third-order valence-electron chi connectivity index (χ3n) is 1.21. The quantitative estimate of drug-likeness (QED) is 0.388. The first-order chi connectivity index (χ1) is 4.63. The fraction of sp³-hybridized carbons (Fsp3) is 1.00. The van der Waals surface area contributed by atoms with Crippen molar-refractivity contribution < 1.29 is 0 Å². The van der Waals surface area contributed by atoms with Gasteiger partial charge in [0.05, 0.1) is 11.0 Å². The molecule has 2 atom stereocenters. The van der Waals surface area contributed by atoms with Crippen LogP contribution in [0, 0.1) is 0 Å². The molecule has 4 heteroatoms. The summed E-state index contributed by atoms with van der Waals surface area (Å²) in [6.07, 6.45) is 3.69. The minimum absolute atomic E-state index is 0.216. The van der Waals surface area contributed by atoms with Gasteiger partial charge >= 0.3 is 0 Å². The van der Waals surface area contributed by atoms with E-state index in [-0.39, 0.29) is 11.0 Å². The van der Waals surface area contributed by atoms with Crippen LogP contribution in [0.2, 0.25) is 0 Å². The van der Waals surface area contributed by atoms with E-state index in [1.165, 1.54) is 0 Å².